The van der Waals surface area contributed by atoms with Gasteiger partial charge in [0, 0.05) is 49.6 Å². The van der Waals surface area contributed by atoms with Crippen LogP contribution in [0.4, 0.5) is 16.4 Å². The maximum absolute atomic E-state index is 12.5. The van der Waals surface area contributed by atoms with Crippen molar-refractivity contribution in [3.63, 3.8) is 0 Å². The van der Waals surface area contributed by atoms with Crippen molar-refractivity contribution in [2.45, 2.75) is 25.4 Å². The van der Waals surface area contributed by atoms with Gasteiger partial charge in [-0.05, 0) is 36.6 Å². The Labute approximate surface area is 163 Å². The van der Waals surface area contributed by atoms with Crippen LogP contribution in [0.2, 0.25) is 0 Å². The van der Waals surface area contributed by atoms with Gasteiger partial charge in [0.2, 0.25) is 5.95 Å². The van der Waals surface area contributed by atoms with Crippen LogP contribution < -0.4 is 15.5 Å². The second kappa shape index (κ2) is 8.51. The van der Waals surface area contributed by atoms with Crippen LogP contribution in [-0.4, -0.2) is 44.9 Å². The first kappa shape index (κ1) is 18.0. The van der Waals surface area contributed by atoms with Gasteiger partial charge in [-0.15, -0.1) is 0 Å². The van der Waals surface area contributed by atoms with Crippen LogP contribution in [0.15, 0.2) is 61.2 Å². The molecule has 0 unspecified atom stereocenters. The lowest BCUT2D eigenvalue weighted by Crippen LogP contribution is -2.46. The SMILES string of the molecule is O=C(Nc1ccccc1Cn1cccn1)NC1CCN(c2ncccn2)CC1. The summed E-state index contributed by atoms with van der Waals surface area (Å²) < 4.78 is 1.83. The number of anilines is 2. The Balaban J connectivity index is 1.31. The van der Waals surface area contributed by atoms with Gasteiger partial charge in [-0.2, -0.15) is 5.10 Å². The zero-order valence-corrected chi connectivity index (χ0v) is 15.5. The lowest BCUT2D eigenvalue weighted by molar-refractivity contribution is 0.246. The van der Waals surface area contributed by atoms with Gasteiger partial charge in [-0.3, -0.25) is 4.68 Å². The zero-order chi connectivity index (χ0) is 19.2. The molecule has 28 heavy (non-hydrogen) atoms. The summed E-state index contributed by atoms with van der Waals surface area (Å²) in [6.45, 7) is 2.26. The number of piperidine rings is 1. The number of carbonyl (C=O) groups excluding carboxylic acids is 1. The summed E-state index contributed by atoms with van der Waals surface area (Å²) in [5.74, 6) is 0.748. The fraction of sp³-hybridized carbons (Fsp3) is 0.300. The third-order valence-electron chi connectivity index (χ3n) is 4.82. The van der Waals surface area contributed by atoms with Gasteiger partial charge in [0.1, 0.15) is 0 Å². The molecule has 0 atom stereocenters. The minimum Gasteiger partial charge on any atom is -0.341 e. The minimum absolute atomic E-state index is 0.137. The number of hydrogen-bond donors (Lipinski definition) is 2. The van der Waals surface area contributed by atoms with Crippen LogP contribution in [0.5, 0.6) is 0 Å². The van der Waals surface area contributed by atoms with Crippen LogP contribution >= 0.6 is 0 Å². The minimum atomic E-state index is -0.178. The van der Waals surface area contributed by atoms with Crippen molar-refractivity contribution >= 4 is 17.7 Å². The molecular weight excluding hydrogens is 354 g/mol. The van der Waals surface area contributed by atoms with Crippen LogP contribution in [0.3, 0.4) is 0 Å². The van der Waals surface area contributed by atoms with E-state index in [1.807, 2.05) is 47.3 Å². The molecule has 8 heteroatoms. The van der Waals surface area contributed by atoms with Crippen LogP contribution in [0, 0.1) is 0 Å². The summed E-state index contributed by atoms with van der Waals surface area (Å²) in [5.41, 5.74) is 1.81. The molecule has 8 nitrogen and oxygen atoms in total. The number of hydrogen-bond acceptors (Lipinski definition) is 5. The highest BCUT2D eigenvalue weighted by Crippen LogP contribution is 2.18. The molecule has 3 heterocycles. The first-order chi connectivity index (χ1) is 13.8. The third-order valence-corrected chi connectivity index (χ3v) is 4.82. The Morgan fingerprint density at radius 3 is 2.57 bits per heavy atom. The normalized spacial score (nSPS) is 14.6. The van der Waals surface area contributed by atoms with Crippen LogP contribution in [0.25, 0.3) is 0 Å². The summed E-state index contributed by atoms with van der Waals surface area (Å²) in [7, 11) is 0. The second-order valence-electron chi connectivity index (χ2n) is 6.77. The predicted octanol–water partition coefficient (Wildman–Crippen LogP) is 2.51. The zero-order valence-electron chi connectivity index (χ0n) is 15.5. The highest BCUT2D eigenvalue weighted by molar-refractivity contribution is 5.90. The van der Waals surface area contributed by atoms with E-state index in [1.165, 1.54) is 0 Å². The largest absolute Gasteiger partial charge is 0.341 e. The average Bonchev–Trinajstić information content (AvgIpc) is 3.24. The molecule has 2 N–H and O–H groups in total. The van der Waals surface area contributed by atoms with Gasteiger partial charge < -0.3 is 15.5 Å². The summed E-state index contributed by atoms with van der Waals surface area (Å²) >= 11 is 0. The van der Waals surface area contributed by atoms with E-state index < -0.39 is 0 Å². The molecular formula is C20H23N7O. The topological polar surface area (TPSA) is 88.0 Å². The quantitative estimate of drug-likeness (QED) is 0.713. The number of nitrogens with zero attached hydrogens (tertiary/aromatic N) is 5. The van der Waals surface area contributed by atoms with Crippen molar-refractivity contribution in [2.24, 2.45) is 0 Å². The Hall–Kier alpha value is -3.42. The van der Waals surface area contributed by atoms with Gasteiger partial charge >= 0.3 is 6.03 Å². The van der Waals surface area contributed by atoms with E-state index in [-0.39, 0.29) is 12.1 Å². The van der Waals surface area contributed by atoms with Crippen molar-refractivity contribution in [3.05, 3.63) is 66.7 Å². The molecule has 4 rings (SSSR count). The Bertz CT molecular complexity index is 890. The highest BCUT2D eigenvalue weighted by atomic mass is 16.2. The van der Waals surface area contributed by atoms with Crippen molar-refractivity contribution in [1.29, 1.82) is 0 Å². The van der Waals surface area contributed by atoms with Gasteiger partial charge in [-0.25, -0.2) is 14.8 Å². The number of rotatable bonds is 5. The van der Waals surface area contributed by atoms with Gasteiger partial charge in [0.25, 0.3) is 0 Å². The van der Waals surface area contributed by atoms with Crippen LogP contribution in [0.1, 0.15) is 18.4 Å². The summed E-state index contributed by atoms with van der Waals surface area (Å²) in [6.07, 6.45) is 8.87. The van der Waals surface area contributed by atoms with Crippen molar-refractivity contribution in [1.82, 2.24) is 25.1 Å². The number of amides is 2. The van der Waals surface area contributed by atoms with E-state index in [2.05, 4.69) is 30.6 Å². The monoisotopic (exact) mass is 377 g/mol. The fourth-order valence-corrected chi connectivity index (χ4v) is 3.37. The first-order valence-corrected chi connectivity index (χ1v) is 9.43. The first-order valence-electron chi connectivity index (χ1n) is 9.43. The lowest BCUT2D eigenvalue weighted by atomic mass is 10.1. The highest BCUT2D eigenvalue weighted by Gasteiger charge is 2.22. The van der Waals surface area contributed by atoms with E-state index in [0.717, 1.165) is 43.1 Å². The van der Waals surface area contributed by atoms with Gasteiger partial charge in [-0.1, -0.05) is 18.2 Å². The Kier molecular flexibility index (Phi) is 5.46. The molecule has 1 aliphatic heterocycles. The van der Waals surface area contributed by atoms with E-state index in [0.29, 0.717) is 6.54 Å². The number of carbonyl (C=O) groups is 1. The molecule has 1 fully saturated rings. The Morgan fingerprint density at radius 1 is 1.04 bits per heavy atom. The standard InChI is InChI=1S/C20H23N7O/c28-20(24-17-7-13-26(14-8-17)19-21-9-3-10-22-19)25-18-6-2-1-5-16(18)15-27-12-4-11-23-27/h1-6,9-12,17H,7-8,13-15H2,(H2,24,25,28). The Morgan fingerprint density at radius 2 is 1.82 bits per heavy atom. The van der Waals surface area contributed by atoms with E-state index in [4.69, 9.17) is 0 Å². The van der Waals surface area contributed by atoms with E-state index in [1.54, 1.807) is 18.6 Å². The molecule has 0 saturated carbocycles. The average molecular weight is 377 g/mol. The van der Waals surface area contributed by atoms with Gasteiger partial charge in [0.05, 0.1) is 6.54 Å². The summed E-state index contributed by atoms with van der Waals surface area (Å²) in [6, 6.07) is 11.4. The van der Waals surface area contributed by atoms with Crippen molar-refractivity contribution in [2.75, 3.05) is 23.3 Å². The number of benzene rings is 1. The number of para-hydroxylation sites is 1. The molecule has 0 radical (unpaired) electrons. The molecule has 0 spiro atoms. The molecule has 1 saturated heterocycles. The molecule has 1 aliphatic rings. The maximum Gasteiger partial charge on any atom is 0.319 e. The predicted molar refractivity (Wildman–Crippen MR) is 107 cm³/mol. The molecule has 3 aromatic rings. The number of nitrogens with one attached hydrogen (secondary N) is 2. The van der Waals surface area contributed by atoms with E-state index in [9.17, 15) is 4.79 Å². The third kappa shape index (κ3) is 4.46. The van der Waals surface area contributed by atoms with Crippen molar-refractivity contribution in [3.8, 4) is 0 Å². The molecule has 2 aromatic heterocycles. The van der Waals surface area contributed by atoms with Crippen LogP contribution in [-0.2, 0) is 6.54 Å². The smallest absolute Gasteiger partial charge is 0.319 e. The molecule has 0 bridgehead atoms. The number of urea groups is 1. The molecule has 1 aromatic carbocycles. The van der Waals surface area contributed by atoms with Gasteiger partial charge in [0.15, 0.2) is 0 Å². The lowest BCUT2D eigenvalue weighted by Gasteiger charge is -2.32. The van der Waals surface area contributed by atoms with E-state index >= 15 is 0 Å². The fourth-order valence-electron chi connectivity index (χ4n) is 3.37. The second-order valence-corrected chi connectivity index (χ2v) is 6.77. The summed E-state index contributed by atoms with van der Waals surface area (Å²) in [4.78, 5) is 23.2. The molecule has 144 valence electrons. The summed E-state index contributed by atoms with van der Waals surface area (Å²) in [5, 5.41) is 10.3. The van der Waals surface area contributed by atoms with Crippen molar-refractivity contribution < 1.29 is 4.79 Å². The maximum atomic E-state index is 12.5. The number of aromatic nitrogens is 4. The molecule has 0 aliphatic carbocycles. The molecule has 2 amide bonds.